The Bertz CT molecular complexity index is 4230. The van der Waals surface area contributed by atoms with E-state index in [-0.39, 0.29) is 165 Å². The molecule has 4 spiro atoms. The van der Waals surface area contributed by atoms with Crippen LogP contribution < -0.4 is 45.9 Å². The van der Waals surface area contributed by atoms with Crippen molar-refractivity contribution in [3.8, 4) is 29.1 Å². The molecular weight excluding hydrogens is 1600 g/mol. The van der Waals surface area contributed by atoms with Gasteiger partial charge in [-0.15, -0.1) is 0 Å². The van der Waals surface area contributed by atoms with Crippen LogP contribution >= 0.6 is 46.4 Å². The number of ketones is 1. The van der Waals surface area contributed by atoms with Crippen molar-refractivity contribution >= 4 is 94.0 Å². The summed E-state index contributed by atoms with van der Waals surface area (Å²) in [6.45, 7) is 21.8. The number of nitrogens with one attached hydrogen (secondary N) is 4. The van der Waals surface area contributed by atoms with Crippen LogP contribution in [-0.2, 0) is 47.7 Å². The summed E-state index contributed by atoms with van der Waals surface area (Å²) in [6, 6.07) is 19.0. The predicted molar refractivity (Wildman–Crippen MR) is 417 cm³/mol. The van der Waals surface area contributed by atoms with Crippen LogP contribution in [0.5, 0.6) is 23.0 Å². The molecule has 0 atom stereocenters. The Morgan fingerprint density at radius 3 is 1.17 bits per heavy atom. The van der Waals surface area contributed by atoms with Crippen LogP contribution in [0.1, 0.15) is 131 Å². The van der Waals surface area contributed by atoms with E-state index in [0.717, 1.165) is 121 Å². The molecule has 632 valence electrons. The molecular formula is C81H99Cl4F4N9O18. The normalized spacial score (nSPS) is 23.4. The number of amides is 5. The molecule has 14 rings (SSSR count). The molecule has 10 fully saturated rings. The van der Waals surface area contributed by atoms with Gasteiger partial charge in [-0.3, -0.25) is 19.2 Å². The smallest absolute Gasteiger partial charge is 0.410 e. The summed E-state index contributed by atoms with van der Waals surface area (Å²) >= 11 is 22.2. The Morgan fingerprint density at radius 1 is 0.517 bits per heavy atom. The van der Waals surface area contributed by atoms with Gasteiger partial charge in [0.1, 0.15) is 70.7 Å². The van der Waals surface area contributed by atoms with E-state index in [1.165, 1.54) is 54.6 Å². The summed E-state index contributed by atoms with van der Waals surface area (Å²) in [7, 11) is 0. The lowest BCUT2D eigenvalue weighted by molar-refractivity contribution is -0.146. The molecule has 4 aromatic rings. The standard InChI is InChI=1S/C22H24ClFN2O4.C19H24ClFN2O4.C14H16ClFN2O2.C11H20N2O2.C8H6ClFO3.C7H9NO3/c23-18-2-1-16(5-19(18)24)30-12-21(28)26-15-8-22(9-15)6-14(7-22)20(27)11-29-17-3-13(4-17)10-25;1-18(2,3)27-17(25)23-10-19(11-23)7-12(8-19)22-16(24)9-26-13-4-5-14(20)15(21)6-13;15-11-2-1-10(3-12(11)16)20-6-13(19)18-9-4-14(5-9)7-17-8-14;1-10(2,3)15-9(14)13-6-11(7-13)4-8(12)5-11;9-6-2-1-5(3-7(6)10)13-4-8(11)12;1-8-5-2-6(3-5)11-4-7(9)10/h1-2,5,13-15,17H,3-4,6-9,11-12H2,(H,26,28);4-6,12H,7-11H2,1-3H3,(H,22,24);1-3,9,17H,4-8H2,(H,18,19);8H,4-7,12H2,1-3H3;1-3H,4H2,(H,11,12);5-6H,2-4H2,(H,9,10). The van der Waals surface area contributed by atoms with Gasteiger partial charge in [0.05, 0.1) is 44.3 Å². The maximum atomic E-state index is 13.4. The third-order valence-corrected chi connectivity index (χ3v) is 22.5. The number of nitrogens with two attached hydrogens (primary N) is 1. The molecule has 10 aliphatic rings. The van der Waals surface area contributed by atoms with E-state index in [9.17, 15) is 55.9 Å². The van der Waals surface area contributed by atoms with Gasteiger partial charge in [0.15, 0.2) is 32.2 Å². The number of likely N-dealkylation sites (tertiary alicyclic amines) is 2. The van der Waals surface area contributed by atoms with E-state index >= 15 is 0 Å². The van der Waals surface area contributed by atoms with Crippen molar-refractivity contribution in [2.24, 2.45) is 39.2 Å². The number of aliphatic carboxylic acids is 2. The molecule has 3 aliphatic heterocycles. The van der Waals surface area contributed by atoms with Crippen LogP contribution in [0.3, 0.4) is 0 Å². The van der Waals surface area contributed by atoms with Crippen molar-refractivity contribution in [2.45, 2.75) is 185 Å². The number of carbonyl (C=O) groups excluding carboxylic acids is 6. The Kier molecular flexibility index (Phi) is 31.2. The van der Waals surface area contributed by atoms with Gasteiger partial charge >= 0.3 is 24.1 Å². The predicted octanol–water partition coefficient (Wildman–Crippen LogP) is 12.3. The van der Waals surface area contributed by atoms with Gasteiger partial charge in [0, 0.05) is 117 Å². The van der Waals surface area contributed by atoms with E-state index in [2.05, 4.69) is 32.2 Å². The first-order chi connectivity index (χ1) is 54.6. The Hall–Kier alpha value is -8.66. The zero-order valence-electron chi connectivity index (χ0n) is 65.3. The molecule has 8 N–H and O–H groups in total. The number of benzene rings is 4. The number of carboxylic acid groups (broad SMARTS) is 2. The lowest BCUT2D eigenvalue weighted by Crippen LogP contribution is -2.68. The number of ether oxygens (including phenoxy) is 8. The monoisotopic (exact) mass is 1700 g/mol. The molecule has 116 heavy (non-hydrogen) atoms. The fourth-order valence-electron chi connectivity index (χ4n) is 15.3. The maximum Gasteiger partial charge on any atom is 0.410 e. The molecule has 5 amide bonds. The first kappa shape index (κ1) is 91.2. The largest absolute Gasteiger partial charge is 0.484 e. The van der Waals surface area contributed by atoms with Crippen molar-refractivity contribution in [3.05, 3.63) is 128 Å². The fourth-order valence-corrected chi connectivity index (χ4v) is 15.8. The lowest BCUT2D eigenvalue weighted by Gasteiger charge is -2.58. The summed E-state index contributed by atoms with van der Waals surface area (Å²) in [5.41, 5.74) is 5.89. The van der Waals surface area contributed by atoms with Crippen molar-refractivity contribution in [2.75, 3.05) is 78.9 Å². The SMILES string of the molecule is CC(C)(C)OC(=O)N1CC2(CC(N)C2)C1.CC(C)(C)OC(=O)N1CC2(CC(NC(=O)COc3ccc(Cl)c(F)c3)C2)C1.N#CC1CC(OCC(=O)C2CC3(CC(NC(=O)COc4ccc(Cl)c(F)c4)C3)C2)C1.O=C(COc1ccc(Cl)c(F)c1)NC1CC2(CNC2)C1.O=C(O)COc1ccc(Cl)c(F)c1.[C-]#[N+]C1CC(OCC(=O)O)C1. The van der Waals surface area contributed by atoms with Crippen LogP contribution in [0, 0.1) is 74.7 Å². The fraction of sp³-hybridized carbons (Fsp3) is 0.580. The van der Waals surface area contributed by atoms with Crippen molar-refractivity contribution in [1.29, 1.82) is 5.26 Å². The number of nitrogens with zero attached hydrogens (tertiary/aromatic N) is 4. The first-order valence-corrected chi connectivity index (χ1v) is 39.7. The molecule has 0 bridgehead atoms. The number of rotatable bonds is 22. The minimum atomic E-state index is -1.12. The third kappa shape index (κ3) is 27.2. The van der Waals surface area contributed by atoms with Gasteiger partial charge in [-0.1, -0.05) is 46.4 Å². The Morgan fingerprint density at radius 2 is 0.853 bits per heavy atom. The minimum Gasteiger partial charge on any atom is -0.484 e. The first-order valence-electron chi connectivity index (χ1n) is 38.2. The number of nitriles is 1. The number of halogens is 8. The summed E-state index contributed by atoms with van der Waals surface area (Å²) < 4.78 is 94.3. The van der Waals surface area contributed by atoms with Crippen LogP contribution in [0.4, 0.5) is 27.2 Å². The number of carbonyl (C=O) groups is 8. The highest BCUT2D eigenvalue weighted by Crippen LogP contribution is 2.59. The highest BCUT2D eigenvalue weighted by Gasteiger charge is 2.57. The zero-order chi connectivity index (χ0) is 84.7. The molecule has 0 radical (unpaired) electrons. The second kappa shape index (κ2) is 39.7. The summed E-state index contributed by atoms with van der Waals surface area (Å²) in [4.78, 5) is 98.5. The quantitative estimate of drug-likeness (QED) is 0.0284. The van der Waals surface area contributed by atoms with Gasteiger partial charge in [-0.05, 0) is 178 Å². The van der Waals surface area contributed by atoms with Crippen LogP contribution in [-0.4, -0.2) is 200 Å². The highest BCUT2D eigenvalue weighted by atomic mass is 35.5. The van der Waals surface area contributed by atoms with Crippen LogP contribution in [0.15, 0.2) is 72.8 Å². The number of Topliss-reactive ketones (excluding diaryl/α,β-unsaturated/α-hetero) is 1. The summed E-state index contributed by atoms with van der Waals surface area (Å²) in [5.74, 6) is -3.87. The van der Waals surface area contributed by atoms with E-state index in [1.54, 1.807) is 9.80 Å². The molecule has 0 aromatic heterocycles. The molecule has 35 heteroatoms. The molecule has 7 saturated carbocycles. The molecule has 7 aliphatic carbocycles. The Labute approximate surface area is 690 Å². The highest BCUT2D eigenvalue weighted by molar-refractivity contribution is 6.31. The summed E-state index contributed by atoms with van der Waals surface area (Å²) in [6.07, 6.45) is 11.7. The molecule has 27 nitrogen and oxygen atoms in total. The topological polar surface area (TPSA) is 360 Å². The van der Waals surface area contributed by atoms with E-state index in [4.69, 9.17) is 112 Å². The lowest BCUT2D eigenvalue weighted by atomic mass is 9.49. The number of carboxylic acids is 2. The van der Waals surface area contributed by atoms with Gasteiger partial charge < -0.3 is 89.8 Å². The zero-order valence-corrected chi connectivity index (χ0v) is 68.3. The summed E-state index contributed by atoms with van der Waals surface area (Å²) in [5, 5.41) is 37.3. The minimum absolute atomic E-state index is 0.00481. The van der Waals surface area contributed by atoms with Crippen LogP contribution in [0.25, 0.3) is 4.85 Å². The maximum absolute atomic E-state index is 13.4. The van der Waals surface area contributed by atoms with E-state index in [1.807, 2.05) is 41.5 Å². The van der Waals surface area contributed by atoms with Crippen molar-refractivity contribution < 1.29 is 104 Å². The van der Waals surface area contributed by atoms with Crippen molar-refractivity contribution in [1.82, 2.24) is 31.1 Å². The number of hydrogen-bond acceptors (Lipinski definition) is 19. The van der Waals surface area contributed by atoms with Gasteiger partial charge in [0.2, 0.25) is 6.04 Å². The van der Waals surface area contributed by atoms with E-state index < -0.39 is 53.0 Å². The second-order valence-electron chi connectivity index (χ2n) is 33.7. The van der Waals surface area contributed by atoms with Gasteiger partial charge in [-0.2, -0.15) is 5.26 Å². The number of hydrogen-bond donors (Lipinski definition) is 7. The molecule has 0 unspecified atom stereocenters. The third-order valence-electron chi connectivity index (χ3n) is 21.3. The van der Waals surface area contributed by atoms with Gasteiger partial charge in [-0.25, -0.2) is 43.3 Å². The average Bonchev–Trinajstić information content (AvgIpc) is 0.743. The molecule has 3 heterocycles. The average molecular weight is 1700 g/mol. The van der Waals surface area contributed by atoms with Gasteiger partial charge in [0.25, 0.3) is 17.7 Å². The van der Waals surface area contributed by atoms with Crippen molar-refractivity contribution in [3.63, 3.8) is 0 Å². The molecule has 4 aromatic carbocycles. The van der Waals surface area contributed by atoms with E-state index in [0.29, 0.717) is 48.6 Å². The van der Waals surface area contributed by atoms with Crippen LogP contribution in [0.2, 0.25) is 20.1 Å². The second-order valence-corrected chi connectivity index (χ2v) is 35.3. The Balaban J connectivity index is 0.000000165. The molecule has 3 saturated heterocycles.